The summed E-state index contributed by atoms with van der Waals surface area (Å²) in [6.45, 7) is 4.92. The van der Waals surface area contributed by atoms with E-state index in [1.54, 1.807) is 32.9 Å². The van der Waals surface area contributed by atoms with Crippen molar-refractivity contribution in [1.29, 1.82) is 0 Å². The number of ether oxygens (including phenoxy) is 1. The minimum Gasteiger partial charge on any atom is -0.456 e. The number of nitrogens with one attached hydrogen (secondary N) is 3. The van der Waals surface area contributed by atoms with Gasteiger partial charge in [-0.15, -0.1) is 11.3 Å². The van der Waals surface area contributed by atoms with Crippen LogP contribution >= 0.6 is 23.1 Å². The molecule has 1 aliphatic rings. The maximum Gasteiger partial charge on any atom is 0.329 e. The number of aromatic nitrogens is 1. The summed E-state index contributed by atoms with van der Waals surface area (Å²) in [5.41, 5.74) is 0.0625. The number of allylic oxidation sites excluding steroid dienone is 2. The van der Waals surface area contributed by atoms with Crippen molar-refractivity contribution >= 4 is 51.9 Å². The van der Waals surface area contributed by atoms with E-state index in [9.17, 15) is 24.0 Å². The monoisotopic (exact) mass is 552 g/mol. The van der Waals surface area contributed by atoms with Gasteiger partial charge in [0.15, 0.2) is 5.12 Å². The zero-order valence-electron chi connectivity index (χ0n) is 20.9. The third kappa shape index (κ3) is 10.1. The number of carbonyl (C=O) groups excluding carboxylic acids is 5. The Morgan fingerprint density at radius 2 is 2.05 bits per heavy atom. The van der Waals surface area contributed by atoms with Crippen LogP contribution in [0.4, 0.5) is 0 Å². The summed E-state index contributed by atoms with van der Waals surface area (Å²) in [6, 6.07) is -1.04. The summed E-state index contributed by atoms with van der Waals surface area (Å²) in [6.07, 6.45) is 4.19. The van der Waals surface area contributed by atoms with Gasteiger partial charge in [0.25, 0.3) is 11.8 Å². The molecule has 2 rings (SSSR count). The lowest BCUT2D eigenvalue weighted by Gasteiger charge is -2.24. The maximum atomic E-state index is 13.0. The van der Waals surface area contributed by atoms with Crippen LogP contribution in [0.3, 0.4) is 0 Å². The van der Waals surface area contributed by atoms with Crippen molar-refractivity contribution in [2.24, 2.45) is 5.92 Å². The SMILES string of the molecule is C/C=C1\NC(=O)c2csc(n2)CNC(=O)C[C@@H](/C=C/CCSC(=O)CCO)OC(=O)[C@H](C(C)C)NC1=O. The number of esters is 1. The summed E-state index contributed by atoms with van der Waals surface area (Å²) in [5.74, 6) is -2.26. The Morgan fingerprint density at radius 1 is 1.30 bits per heavy atom. The van der Waals surface area contributed by atoms with Crippen LogP contribution in [0.2, 0.25) is 0 Å². The third-order valence-corrected chi connectivity index (χ3v) is 6.89. The second-order valence-electron chi connectivity index (χ2n) is 8.35. The summed E-state index contributed by atoms with van der Waals surface area (Å²) >= 11 is 2.27. The molecule has 0 aliphatic carbocycles. The molecular formula is C24H32N4O7S2. The molecular weight excluding hydrogens is 520 g/mol. The Labute approximate surface area is 223 Å². The van der Waals surface area contributed by atoms with Gasteiger partial charge in [0.1, 0.15) is 28.5 Å². The number of hydrogen-bond donors (Lipinski definition) is 4. The Hall–Kier alpha value is -3.03. The standard InChI is InChI=1S/C24H32N4O7S2/c1-4-16-22(32)28-21(14(2)3)24(34)35-15(7-5-6-10-36-20(31)8-9-29)11-18(30)25-12-19-26-17(13-37-19)23(33)27-16/h4-5,7,13-15,21,29H,6,8-12H2,1-3H3,(H,25,30)(H,27,33)(H,28,32)/b7-5+,16-4-/t15-,21+/m1/s1. The molecule has 1 aromatic rings. The van der Waals surface area contributed by atoms with Crippen LogP contribution in [0.25, 0.3) is 0 Å². The van der Waals surface area contributed by atoms with Gasteiger partial charge in [-0.3, -0.25) is 19.2 Å². The number of thioether (sulfide) groups is 1. The van der Waals surface area contributed by atoms with E-state index in [1.165, 1.54) is 22.8 Å². The average molecular weight is 553 g/mol. The highest BCUT2D eigenvalue weighted by Crippen LogP contribution is 2.14. The normalized spacial score (nSPS) is 21.1. The minimum atomic E-state index is -1.04. The molecule has 0 aromatic carbocycles. The average Bonchev–Trinajstić information content (AvgIpc) is 3.32. The van der Waals surface area contributed by atoms with Gasteiger partial charge in [0, 0.05) is 17.6 Å². The molecule has 3 amide bonds. The molecule has 1 aromatic heterocycles. The molecule has 0 radical (unpaired) electrons. The topological polar surface area (TPSA) is 164 Å². The number of rotatable bonds is 7. The number of nitrogens with zero attached hydrogens (tertiary/aromatic N) is 1. The molecule has 0 fully saturated rings. The van der Waals surface area contributed by atoms with E-state index in [2.05, 4.69) is 20.9 Å². The second-order valence-corrected chi connectivity index (χ2v) is 10.4. The Bertz CT molecular complexity index is 1050. The van der Waals surface area contributed by atoms with Crippen molar-refractivity contribution in [2.75, 3.05) is 12.4 Å². The molecule has 2 bridgehead atoms. The van der Waals surface area contributed by atoms with Gasteiger partial charge in [-0.25, -0.2) is 9.78 Å². The van der Waals surface area contributed by atoms with Gasteiger partial charge in [0.05, 0.1) is 19.6 Å². The molecule has 2 heterocycles. The molecule has 11 nitrogen and oxygen atoms in total. The van der Waals surface area contributed by atoms with Crippen molar-refractivity contribution in [3.05, 3.63) is 40.0 Å². The Balaban J connectivity index is 2.24. The second kappa shape index (κ2) is 15.3. The first-order valence-electron chi connectivity index (χ1n) is 11.8. The number of aliphatic hydroxyl groups is 1. The molecule has 2 atom stereocenters. The number of aliphatic hydroxyl groups excluding tert-OH is 1. The summed E-state index contributed by atoms with van der Waals surface area (Å²) in [4.78, 5) is 66.7. The van der Waals surface area contributed by atoms with Crippen LogP contribution in [-0.2, 0) is 30.5 Å². The molecule has 0 spiro atoms. The van der Waals surface area contributed by atoms with E-state index in [4.69, 9.17) is 9.84 Å². The first kappa shape index (κ1) is 30.2. The van der Waals surface area contributed by atoms with Crippen LogP contribution < -0.4 is 16.0 Å². The molecule has 0 saturated carbocycles. The van der Waals surface area contributed by atoms with Gasteiger partial charge in [-0.1, -0.05) is 37.8 Å². The zero-order valence-corrected chi connectivity index (χ0v) is 22.6. The van der Waals surface area contributed by atoms with Crippen molar-refractivity contribution in [3.63, 3.8) is 0 Å². The first-order valence-corrected chi connectivity index (χ1v) is 13.6. The van der Waals surface area contributed by atoms with Crippen LogP contribution in [0.1, 0.15) is 55.5 Å². The largest absolute Gasteiger partial charge is 0.456 e. The van der Waals surface area contributed by atoms with E-state index in [1.807, 2.05) is 0 Å². The zero-order chi connectivity index (χ0) is 27.4. The van der Waals surface area contributed by atoms with Crippen molar-refractivity contribution in [1.82, 2.24) is 20.9 Å². The molecule has 37 heavy (non-hydrogen) atoms. The van der Waals surface area contributed by atoms with Crippen molar-refractivity contribution < 1.29 is 33.8 Å². The molecule has 0 unspecified atom stereocenters. The van der Waals surface area contributed by atoms with Gasteiger partial charge in [0.2, 0.25) is 5.91 Å². The van der Waals surface area contributed by atoms with Gasteiger partial charge in [-0.2, -0.15) is 0 Å². The number of cyclic esters (lactones) is 1. The van der Waals surface area contributed by atoms with Gasteiger partial charge in [-0.05, 0) is 25.3 Å². The molecule has 4 N–H and O–H groups in total. The maximum absolute atomic E-state index is 13.0. The predicted octanol–water partition coefficient (Wildman–Crippen LogP) is 1.44. The lowest BCUT2D eigenvalue weighted by molar-refractivity contribution is -0.153. The smallest absolute Gasteiger partial charge is 0.329 e. The lowest BCUT2D eigenvalue weighted by atomic mass is 10.0. The van der Waals surface area contributed by atoms with Crippen molar-refractivity contribution in [3.8, 4) is 0 Å². The summed E-state index contributed by atoms with van der Waals surface area (Å²) in [5, 5.41) is 18.5. The van der Waals surface area contributed by atoms with Gasteiger partial charge >= 0.3 is 5.97 Å². The number of hydrogen-bond acceptors (Lipinski definition) is 10. The Kier molecular flexibility index (Phi) is 12.5. The van der Waals surface area contributed by atoms with Crippen molar-refractivity contribution in [2.45, 2.75) is 58.7 Å². The fourth-order valence-electron chi connectivity index (χ4n) is 3.11. The lowest BCUT2D eigenvalue weighted by Crippen LogP contribution is -2.48. The summed E-state index contributed by atoms with van der Waals surface area (Å²) < 4.78 is 5.60. The molecule has 0 saturated heterocycles. The molecule has 202 valence electrons. The number of amides is 3. The number of carbonyl (C=O) groups is 5. The van der Waals surface area contributed by atoms with Crippen LogP contribution in [-0.4, -0.2) is 63.4 Å². The van der Waals surface area contributed by atoms with E-state index in [0.717, 1.165) is 11.8 Å². The first-order chi connectivity index (χ1) is 17.6. The highest BCUT2D eigenvalue weighted by atomic mass is 32.2. The van der Waals surface area contributed by atoms with E-state index < -0.39 is 35.8 Å². The van der Waals surface area contributed by atoms with E-state index in [-0.39, 0.29) is 48.4 Å². The summed E-state index contributed by atoms with van der Waals surface area (Å²) in [7, 11) is 0. The van der Waals surface area contributed by atoms with Crippen LogP contribution in [0.5, 0.6) is 0 Å². The Morgan fingerprint density at radius 3 is 2.73 bits per heavy atom. The third-order valence-electron chi connectivity index (χ3n) is 5.08. The predicted molar refractivity (Wildman–Crippen MR) is 139 cm³/mol. The number of fused-ring (bicyclic) bond motifs is 2. The molecule has 1 aliphatic heterocycles. The molecule has 13 heteroatoms. The van der Waals surface area contributed by atoms with E-state index >= 15 is 0 Å². The number of thiazole rings is 1. The fourth-order valence-corrected chi connectivity index (χ4v) is 4.54. The fraction of sp³-hybridized carbons (Fsp3) is 0.500. The van der Waals surface area contributed by atoms with Gasteiger partial charge < -0.3 is 25.8 Å². The van der Waals surface area contributed by atoms with E-state index in [0.29, 0.717) is 17.2 Å². The van der Waals surface area contributed by atoms with Crippen LogP contribution in [0, 0.1) is 5.92 Å². The van der Waals surface area contributed by atoms with Crippen LogP contribution in [0.15, 0.2) is 29.3 Å². The minimum absolute atomic E-state index is 0.0388. The quantitative estimate of drug-likeness (QED) is 0.170. The highest BCUT2D eigenvalue weighted by molar-refractivity contribution is 8.13. The highest BCUT2D eigenvalue weighted by Gasteiger charge is 2.30.